The van der Waals surface area contributed by atoms with Crippen molar-refractivity contribution < 1.29 is 9.26 Å². The molecule has 2 aromatic rings. The van der Waals surface area contributed by atoms with Gasteiger partial charge in [-0.2, -0.15) is 4.98 Å². The number of hydrogen-bond acceptors (Lipinski definition) is 6. The van der Waals surface area contributed by atoms with E-state index in [1.165, 1.54) is 0 Å². The summed E-state index contributed by atoms with van der Waals surface area (Å²) in [5.41, 5.74) is 1.09. The zero-order valence-corrected chi connectivity index (χ0v) is 13.2. The van der Waals surface area contributed by atoms with Gasteiger partial charge in [-0.25, -0.2) is 4.98 Å². The van der Waals surface area contributed by atoms with Crippen molar-refractivity contribution in [1.29, 1.82) is 0 Å². The van der Waals surface area contributed by atoms with Gasteiger partial charge in [0.2, 0.25) is 11.8 Å². The lowest BCUT2D eigenvalue weighted by Crippen LogP contribution is -2.35. The Morgan fingerprint density at radius 1 is 1.32 bits per heavy atom. The largest absolute Gasteiger partial charge is 0.477 e. The summed E-state index contributed by atoms with van der Waals surface area (Å²) in [7, 11) is 0. The second kappa shape index (κ2) is 6.87. The number of rotatable bonds is 5. The second-order valence-corrected chi connectivity index (χ2v) is 5.89. The molecule has 2 aromatic heterocycles. The highest BCUT2D eigenvalue weighted by Gasteiger charge is 2.21. The van der Waals surface area contributed by atoms with E-state index in [-0.39, 0.29) is 0 Å². The maximum atomic E-state index is 5.86. The third-order valence-corrected chi connectivity index (χ3v) is 4.06. The van der Waals surface area contributed by atoms with Gasteiger partial charge in [0.1, 0.15) is 0 Å². The topological polar surface area (TPSA) is 64.3 Å². The average Bonchev–Trinajstić information content (AvgIpc) is 2.93. The van der Waals surface area contributed by atoms with Crippen LogP contribution >= 0.6 is 0 Å². The summed E-state index contributed by atoms with van der Waals surface area (Å²) in [6.07, 6.45) is 4.03. The molecule has 1 fully saturated rings. The Labute approximate surface area is 130 Å². The minimum Gasteiger partial charge on any atom is -0.477 e. The highest BCUT2D eigenvalue weighted by molar-refractivity contribution is 5.23. The molecule has 22 heavy (non-hydrogen) atoms. The molecule has 0 saturated carbocycles. The highest BCUT2D eigenvalue weighted by atomic mass is 16.5. The van der Waals surface area contributed by atoms with Crippen LogP contribution in [-0.2, 0) is 6.54 Å². The lowest BCUT2D eigenvalue weighted by molar-refractivity contribution is 0.131. The Kier molecular flexibility index (Phi) is 4.68. The number of nitrogens with zero attached hydrogens (tertiary/aromatic N) is 4. The smallest absolute Gasteiger partial charge is 0.223 e. The van der Waals surface area contributed by atoms with Crippen LogP contribution in [0.1, 0.15) is 30.1 Å². The number of piperidine rings is 1. The molecule has 3 heterocycles. The van der Waals surface area contributed by atoms with Crippen molar-refractivity contribution in [3.05, 3.63) is 35.6 Å². The summed E-state index contributed by atoms with van der Waals surface area (Å²) in [5.74, 6) is 2.75. The Balaban J connectivity index is 1.43. The van der Waals surface area contributed by atoms with Gasteiger partial charge in [-0.3, -0.25) is 4.90 Å². The molecular formula is C16H22N4O2. The van der Waals surface area contributed by atoms with E-state index in [9.17, 15) is 0 Å². The first-order chi connectivity index (χ1) is 10.7. The van der Waals surface area contributed by atoms with Crippen molar-refractivity contribution in [1.82, 2.24) is 20.0 Å². The molecule has 0 amide bonds. The lowest BCUT2D eigenvalue weighted by Gasteiger charge is -2.30. The van der Waals surface area contributed by atoms with Crippen LogP contribution < -0.4 is 4.74 Å². The zero-order chi connectivity index (χ0) is 15.4. The fourth-order valence-electron chi connectivity index (χ4n) is 2.74. The third-order valence-electron chi connectivity index (χ3n) is 4.06. The first-order valence-electron chi connectivity index (χ1n) is 7.76. The van der Waals surface area contributed by atoms with E-state index in [1.54, 1.807) is 6.20 Å². The fourth-order valence-corrected chi connectivity index (χ4v) is 2.74. The van der Waals surface area contributed by atoms with E-state index in [2.05, 4.69) is 20.0 Å². The first kappa shape index (κ1) is 15.0. The van der Waals surface area contributed by atoms with Crippen molar-refractivity contribution in [2.75, 3.05) is 19.7 Å². The first-order valence-corrected chi connectivity index (χ1v) is 7.76. The van der Waals surface area contributed by atoms with E-state index in [4.69, 9.17) is 9.26 Å². The summed E-state index contributed by atoms with van der Waals surface area (Å²) in [6.45, 7) is 7.44. The summed E-state index contributed by atoms with van der Waals surface area (Å²) in [6, 6.07) is 3.96. The molecule has 0 unspecified atom stereocenters. The number of aryl methyl sites for hydroxylation is 2. The van der Waals surface area contributed by atoms with Gasteiger partial charge in [-0.1, -0.05) is 11.2 Å². The molecule has 0 aliphatic carbocycles. The van der Waals surface area contributed by atoms with Gasteiger partial charge in [-0.05, 0) is 44.8 Å². The summed E-state index contributed by atoms with van der Waals surface area (Å²) >= 11 is 0. The fraction of sp³-hybridized carbons (Fsp3) is 0.562. The Morgan fingerprint density at radius 2 is 2.14 bits per heavy atom. The molecule has 0 radical (unpaired) electrons. The number of hydrogen-bond donors (Lipinski definition) is 0. The summed E-state index contributed by atoms with van der Waals surface area (Å²) in [5, 5.41) is 3.95. The molecule has 0 spiro atoms. The van der Waals surface area contributed by atoms with Crippen LogP contribution in [0.15, 0.2) is 22.9 Å². The van der Waals surface area contributed by atoms with Crippen molar-refractivity contribution in [2.45, 2.75) is 33.2 Å². The Morgan fingerprint density at radius 3 is 2.82 bits per heavy atom. The Hall–Kier alpha value is -1.95. The van der Waals surface area contributed by atoms with Crippen LogP contribution in [0, 0.1) is 19.8 Å². The quantitative estimate of drug-likeness (QED) is 0.845. The van der Waals surface area contributed by atoms with E-state index < -0.39 is 0 Å². The van der Waals surface area contributed by atoms with Crippen molar-refractivity contribution in [2.24, 2.45) is 5.92 Å². The van der Waals surface area contributed by atoms with Crippen molar-refractivity contribution >= 4 is 0 Å². The number of ether oxygens (including phenoxy) is 1. The average molecular weight is 302 g/mol. The molecule has 0 atom stereocenters. The maximum Gasteiger partial charge on any atom is 0.223 e. The predicted molar refractivity (Wildman–Crippen MR) is 81.5 cm³/mol. The van der Waals surface area contributed by atoms with Crippen LogP contribution in [-0.4, -0.2) is 39.7 Å². The van der Waals surface area contributed by atoms with Crippen LogP contribution in [0.25, 0.3) is 0 Å². The van der Waals surface area contributed by atoms with E-state index in [0.717, 1.165) is 56.4 Å². The molecule has 0 aromatic carbocycles. The lowest BCUT2D eigenvalue weighted by atomic mass is 9.98. The van der Waals surface area contributed by atoms with E-state index in [1.807, 2.05) is 26.0 Å². The maximum absolute atomic E-state index is 5.86. The van der Waals surface area contributed by atoms with E-state index >= 15 is 0 Å². The van der Waals surface area contributed by atoms with Gasteiger partial charge in [0.05, 0.1) is 13.2 Å². The Bertz CT molecular complexity index is 606. The van der Waals surface area contributed by atoms with Gasteiger partial charge < -0.3 is 9.26 Å². The molecule has 118 valence electrons. The minimum absolute atomic E-state index is 0.588. The molecule has 3 rings (SSSR count). The summed E-state index contributed by atoms with van der Waals surface area (Å²) in [4.78, 5) is 10.9. The standard InChI is InChI=1S/C16H22N4O2/c1-12-4-3-7-17-16(12)21-11-14-5-8-20(9-6-14)10-15-18-13(2)22-19-15/h3-4,7,14H,5-6,8-11H2,1-2H3. The molecule has 1 aliphatic rings. The van der Waals surface area contributed by atoms with Crippen molar-refractivity contribution in [3.63, 3.8) is 0 Å². The molecule has 6 heteroatoms. The molecular weight excluding hydrogens is 280 g/mol. The van der Waals surface area contributed by atoms with Gasteiger partial charge in [0.15, 0.2) is 5.82 Å². The van der Waals surface area contributed by atoms with Gasteiger partial charge >= 0.3 is 0 Å². The number of aromatic nitrogens is 3. The molecule has 0 N–H and O–H groups in total. The molecule has 0 bridgehead atoms. The third kappa shape index (κ3) is 3.82. The van der Waals surface area contributed by atoms with Crippen LogP contribution in [0.5, 0.6) is 5.88 Å². The van der Waals surface area contributed by atoms with Crippen LogP contribution in [0.2, 0.25) is 0 Å². The summed E-state index contributed by atoms with van der Waals surface area (Å²) < 4.78 is 10.9. The predicted octanol–water partition coefficient (Wildman–Crippen LogP) is 2.37. The van der Waals surface area contributed by atoms with Crippen LogP contribution in [0.4, 0.5) is 0 Å². The van der Waals surface area contributed by atoms with Gasteiger partial charge in [-0.15, -0.1) is 0 Å². The molecule has 6 nitrogen and oxygen atoms in total. The highest BCUT2D eigenvalue weighted by Crippen LogP contribution is 2.20. The van der Waals surface area contributed by atoms with E-state index in [0.29, 0.717) is 11.8 Å². The van der Waals surface area contributed by atoms with Gasteiger partial charge in [0, 0.05) is 18.7 Å². The molecule has 1 saturated heterocycles. The SMILES string of the molecule is Cc1nc(CN2CCC(COc3ncccc3C)CC2)no1. The minimum atomic E-state index is 0.588. The monoisotopic (exact) mass is 302 g/mol. The van der Waals surface area contributed by atoms with Gasteiger partial charge in [0.25, 0.3) is 0 Å². The second-order valence-electron chi connectivity index (χ2n) is 5.89. The normalized spacial score (nSPS) is 16.8. The van der Waals surface area contributed by atoms with Crippen LogP contribution in [0.3, 0.4) is 0 Å². The number of pyridine rings is 1. The number of likely N-dealkylation sites (tertiary alicyclic amines) is 1. The van der Waals surface area contributed by atoms with Crippen molar-refractivity contribution in [3.8, 4) is 5.88 Å². The zero-order valence-electron chi connectivity index (χ0n) is 13.2. The molecule has 1 aliphatic heterocycles.